The molecule has 2 aromatic rings. The van der Waals surface area contributed by atoms with Crippen molar-refractivity contribution in [3.05, 3.63) is 39.8 Å². The highest BCUT2D eigenvalue weighted by Crippen LogP contribution is 2.20. The molecule has 0 aliphatic carbocycles. The fraction of sp³-hybridized carbons (Fsp3) is 0.182. The molecule has 2 heterocycles. The minimum atomic E-state index is -0.316. The van der Waals surface area contributed by atoms with Gasteiger partial charge in [0.2, 0.25) is 0 Å². The number of carbonyl (C=O) groups is 1. The van der Waals surface area contributed by atoms with Crippen LogP contribution in [-0.2, 0) is 7.05 Å². The fourth-order valence-corrected chi connectivity index (χ4v) is 1.73. The first kappa shape index (κ1) is 12.9. The van der Waals surface area contributed by atoms with E-state index >= 15 is 0 Å². The highest BCUT2D eigenvalue weighted by molar-refractivity contribution is 6.41. The van der Waals surface area contributed by atoms with E-state index in [1.165, 1.54) is 12.3 Å². The molecule has 0 aromatic carbocycles. The van der Waals surface area contributed by atoms with E-state index in [9.17, 15) is 4.79 Å². The predicted molar refractivity (Wildman–Crippen MR) is 70.2 cm³/mol. The van der Waals surface area contributed by atoms with Crippen LogP contribution in [0.5, 0.6) is 0 Å². The standard InChI is InChI=1S/C11H10Cl2N4O/c1-6-3-9(17(2)16-6)15-11(18)7-4-8(12)10(13)14-5-7/h3-5H,1-2H3,(H,15,18). The molecule has 5 nitrogen and oxygen atoms in total. The normalized spacial score (nSPS) is 10.4. The molecule has 0 bridgehead atoms. The van der Waals surface area contributed by atoms with Gasteiger partial charge in [-0.15, -0.1) is 0 Å². The molecular weight excluding hydrogens is 275 g/mol. The van der Waals surface area contributed by atoms with E-state index in [4.69, 9.17) is 23.2 Å². The van der Waals surface area contributed by atoms with Gasteiger partial charge in [0.15, 0.2) is 0 Å². The maximum absolute atomic E-state index is 11.9. The van der Waals surface area contributed by atoms with Crippen molar-refractivity contribution in [2.75, 3.05) is 5.32 Å². The zero-order chi connectivity index (χ0) is 13.3. The van der Waals surface area contributed by atoms with Crippen LogP contribution in [0.25, 0.3) is 0 Å². The molecule has 18 heavy (non-hydrogen) atoms. The van der Waals surface area contributed by atoms with Crippen LogP contribution in [0.4, 0.5) is 5.82 Å². The summed E-state index contributed by atoms with van der Waals surface area (Å²) in [6.45, 7) is 1.84. The number of nitrogens with one attached hydrogen (secondary N) is 1. The molecule has 1 N–H and O–H groups in total. The summed E-state index contributed by atoms with van der Waals surface area (Å²) in [6.07, 6.45) is 1.37. The molecule has 0 atom stereocenters. The van der Waals surface area contributed by atoms with Crippen molar-refractivity contribution in [1.82, 2.24) is 14.8 Å². The van der Waals surface area contributed by atoms with Crippen molar-refractivity contribution in [2.24, 2.45) is 7.05 Å². The summed E-state index contributed by atoms with van der Waals surface area (Å²) >= 11 is 11.5. The number of hydrogen-bond acceptors (Lipinski definition) is 3. The summed E-state index contributed by atoms with van der Waals surface area (Å²) in [4.78, 5) is 15.8. The Bertz CT molecular complexity index is 609. The van der Waals surface area contributed by atoms with E-state index in [0.717, 1.165) is 5.69 Å². The molecule has 0 fully saturated rings. The lowest BCUT2D eigenvalue weighted by Gasteiger charge is -2.05. The minimum Gasteiger partial charge on any atom is -0.307 e. The Morgan fingerprint density at radius 2 is 2.11 bits per heavy atom. The summed E-state index contributed by atoms with van der Waals surface area (Å²) in [6, 6.07) is 3.23. The van der Waals surface area contributed by atoms with Gasteiger partial charge in [-0.3, -0.25) is 9.48 Å². The van der Waals surface area contributed by atoms with Crippen LogP contribution in [-0.4, -0.2) is 20.7 Å². The van der Waals surface area contributed by atoms with Gasteiger partial charge in [0.1, 0.15) is 11.0 Å². The summed E-state index contributed by atoms with van der Waals surface area (Å²) in [5, 5.41) is 7.25. The molecular formula is C11H10Cl2N4O. The van der Waals surface area contributed by atoms with Gasteiger partial charge in [-0.2, -0.15) is 5.10 Å². The van der Waals surface area contributed by atoms with Crippen LogP contribution in [0.3, 0.4) is 0 Å². The largest absolute Gasteiger partial charge is 0.307 e. The summed E-state index contributed by atoms with van der Waals surface area (Å²) < 4.78 is 1.58. The number of pyridine rings is 1. The number of anilines is 1. The molecule has 0 radical (unpaired) electrons. The molecule has 0 aliphatic heterocycles. The fourth-order valence-electron chi connectivity index (χ4n) is 1.46. The summed E-state index contributed by atoms with van der Waals surface area (Å²) in [7, 11) is 1.75. The quantitative estimate of drug-likeness (QED) is 0.863. The van der Waals surface area contributed by atoms with Gasteiger partial charge < -0.3 is 5.32 Å². The first-order valence-corrected chi connectivity index (χ1v) is 5.86. The molecule has 0 spiro atoms. The van der Waals surface area contributed by atoms with E-state index < -0.39 is 0 Å². The Morgan fingerprint density at radius 3 is 2.67 bits per heavy atom. The number of aromatic nitrogens is 3. The van der Waals surface area contributed by atoms with Crippen LogP contribution >= 0.6 is 23.2 Å². The molecule has 0 aliphatic rings. The zero-order valence-corrected chi connectivity index (χ0v) is 11.2. The second-order valence-electron chi connectivity index (χ2n) is 3.75. The second kappa shape index (κ2) is 4.96. The Hall–Kier alpha value is -1.59. The van der Waals surface area contributed by atoms with E-state index in [-0.39, 0.29) is 16.1 Å². The van der Waals surface area contributed by atoms with Gasteiger partial charge in [0, 0.05) is 19.3 Å². The molecule has 0 saturated heterocycles. The SMILES string of the molecule is Cc1cc(NC(=O)c2cnc(Cl)c(Cl)c2)n(C)n1. The lowest BCUT2D eigenvalue weighted by Crippen LogP contribution is -2.14. The van der Waals surface area contributed by atoms with Gasteiger partial charge in [0.05, 0.1) is 16.3 Å². The molecule has 1 amide bonds. The molecule has 0 saturated carbocycles. The smallest absolute Gasteiger partial charge is 0.258 e. The van der Waals surface area contributed by atoms with Crippen molar-refractivity contribution in [1.29, 1.82) is 0 Å². The van der Waals surface area contributed by atoms with Crippen LogP contribution in [0.1, 0.15) is 16.1 Å². The average Bonchev–Trinajstić information content (AvgIpc) is 2.61. The van der Waals surface area contributed by atoms with Crippen molar-refractivity contribution >= 4 is 34.9 Å². The van der Waals surface area contributed by atoms with Crippen molar-refractivity contribution in [3.8, 4) is 0 Å². The number of rotatable bonds is 2. The Balaban J connectivity index is 2.22. The minimum absolute atomic E-state index is 0.171. The highest BCUT2D eigenvalue weighted by Gasteiger charge is 2.11. The van der Waals surface area contributed by atoms with E-state index in [1.54, 1.807) is 17.8 Å². The van der Waals surface area contributed by atoms with Gasteiger partial charge in [0.25, 0.3) is 5.91 Å². The van der Waals surface area contributed by atoms with Crippen LogP contribution in [0.15, 0.2) is 18.3 Å². The topological polar surface area (TPSA) is 59.8 Å². The first-order valence-electron chi connectivity index (χ1n) is 5.10. The number of carbonyl (C=O) groups excluding carboxylic acids is 1. The van der Waals surface area contributed by atoms with Crippen molar-refractivity contribution < 1.29 is 4.79 Å². The average molecular weight is 285 g/mol. The van der Waals surface area contributed by atoms with Gasteiger partial charge in [-0.25, -0.2) is 4.98 Å². The maximum atomic E-state index is 11.9. The van der Waals surface area contributed by atoms with Crippen LogP contribution in [0.2, 0.25) is 10.2 Å². The molecule has 2 rings (SSSR count). The van der Waals surface area contributed by atoms with Crippen molar-refractivity contribution in [3.63, 3.8) is 0 Å². The first-order chi connectivity index (χ1) is 8.47. The lowest BCUT2D eigenvalue weighted by molar-refractivity contribution is 0.102. The second-order valence-corrected chi connectivity index (χ2v) is 4.51. The molecule has 0 unspecified atom stereocenters. The van der Waals surface area contributed by atoms with Gasteiger partial charge in [-0.05, 0) is 13.0 Å². The molecule has 94 valence electrons. The number of amides is 1. The van der Waals surface area contributed by atoms with E-state index in [1.807, 2.05) is 6.92 Å². The van der Waals surface area contributed by atoms with Gasteiger partial charge in [-0.1, -0.05) is 23.2 Å². The monoisotopic (exact) mass is 284 g/mol. The third-order valence-corrected chi connectivity index (χ3v) is 2.99. The van der Waals surface area contributed by atoms with E-state index in [2.05, 4.69) is 15.4 Å². The Morgan fingerprint density at radius 1 is 1.39 bits per heavy atom. The number of aryl methyl sites for hydroxylation is 2. The van der Waals surface area contributed by atoms with E-state index in [0.29, 0.717) is 11.4 Å². The lowest BCUT2D eigenvalue weighted by atomic mass is 10.2. The van der Waals surface area contributed by atoms with Crippen LogP contribution in [0, 0.1) is 6.92 Å². The highest BCUT2D eigenvalue weighted by atomic mass is 35.5. The van der Waals surface area contributed by atoms with Crippen molar-refractivity contribution in [2.45, 2.75) is 6.92 Å². The Labute approximate surface area is 114 Å². The van der Waals surface area contributed by atoms with Crippen LogP contribution < -0.4 is 5.32 Å². The number of hydrogen-bond donors (Lipinski definition) is 1. The number of halogens is 2. The number of nitrogens with zero attached hydrogens (tertiary/aromatic N) is 3. The molecule has 7 heteroatoms. The zero-order valence-electron chi connectivity index (χ0n) is 9.74. The third kappa shape index (κ3) is 2.63. The van der Waals surface area contributed by atoms with Gasteiger partial charge >= 0.3 is 0 Å². The summed E-state index contributed by atoms with van der Waals surface area (Å²) in [5.41, 5.74) is 1.16. The maximum Gasteiger partial charge on any atom is 0.258 e. The summed E-state index contributed by atoms with van der Waals surface area (Å²) in [5.74, 6) is 0.285. The molecule has 2 aromatic heterocycles. The third-order valence-electron chi connectivity index (χ3n) is 2.30. The predicted octanol–water partition coefficient (Wildman–Crippen LogP) is 2.68. The Kier molecular flexibility index (Phi) is 3.54.